The number of hydrogen-bond donors (Lipinski definition) is 1. The van der Waals surface area contributed by atoms with Crippen LogP contribution in [0.5, 0.6) is 0 Å². The average Bonchev–Trinajstić information content (AvgIpc) is 2.38. The topological polar surface area (TPSA) is 29.5 Å². The van der Waals surface area contributed by atoms with Crippen molar-refractivity contribution in [1.82, 2.24) is 0 Å². The Morgan fingerprint density at radius 1 is 1.19 bits per heavy atom. The highest BCUT2D eigenvalue weighted by molar-refractivity contribution is 5.30. The molecule has 1 aliphatic heterocycles. The van der Waals surface area contributed by atoms with Crippen molar-refractivity contribution in [3.05, 3.63) is 35.4 Å². The quantitative estimate of drug-likeness (QED) is 0.844. The maximum Gasteiger partial charge on any atom is 0.0471 e. The SMILES string of the molecule is OCCCc1ccccc1C1CCOCC1. The first-order chi connectivity index (χ1) is 7.92. The van der Waals surface area contributed by atoms with Crippen LogP contribution in [0.2, 0.25) is 0 Å². The van der Waals surface area contributed by atoms with Crippen molar-refractivity contribution in [2.45, 2.75) is 31.6 Å². The molecule has 0 bridgehead atoms. The standard InChI is InChI=1S/C14H20O2/c15-9-3-5-12-4-1-2-6-14(12)13-7-10-16-11-8-13/h1-2,4,6,13,15H,3,5,7-11H2. The summed E-state index contributed by atoms with van der Waals surface area (Å²) < 4.78 is 5.40. The third kappa shape index (κ3) is 2.83. The van der Waals surface area contributed by atoms with Crippen molar-refractivity contribution in [3.63, 3.8) is 0 Å². The maximum absolute atomic E-state index is 8.91. The lowest BCUT2D eigenvalue weighted by Gasteiger charge is -2.24. The lowest BCUT2D eigenvalue weighted by atomic mass is 9.87. The van der Waals surface area contributed by atoms with Gasteiger partial charge in [0, 0.05) is 19.8 Å². The lowest BCUT2D eigenvalue weighted by molar-refractivity contribution is 0.0851. The fourth-order valence-corrected chi connectivity index (χ4v) is 2.44. The Morgan fingerprint density at radius 3 is 2.69 bits per heavy atom. The van der Waals surface area contributed by atoms with Gasteiger partial charge in [-0.2, -0.15) is 0 Å². The molecule has 0 unspecified atom stereocenters. The second kappa shape index (κ2) is 6.02. The van der Waals surface area contributed by atoms with Crippen molar-refractivity contribution in [2.24, 2.45) is 0 Å². The summed E-state index contributed by atoms with van der Waals surface area (Å²) in [6.45, 7) is 2.06. The van der Waals surface area contributed by atoms with Gasteiger partial charge in [-0.1, -0.05) is 24.3 Å². The van der Waals surface area contributed by atoms with Gasteiger partial charge in [-0.15, -0.1) is 0 Å². The number of aliphatic hydroxyl groups is 1. The summed E-state index contributed by atoms with van der Waals surface area (Å²) in [7, 11) is 0. The van der Waals surface area contributed by atoms with Gasteiger partial charge in [-0.05, 0) is 42.7 Å². The summed E-state index contributed by atoms with van der Waals surface area (Å²) in [6.07, 6.45) is 4.12. The Balaban J connectivity index is 2.11. The van der Waals surface area contributed by atoms with Crippen LogP contribution in [0.15, 0.2) is 24.3 Å². The molecule has 88 valence electrons. The van der Waals surface area contributed by atoms with E-state index in [0.29, 0.717) is 5.92 Å². The third-order valence-electron chi connectivity index (χ3n) is 3.32. The van der Waals surface area contributed by atoms with Gasteiger partial charge in [0.15, 0.2) is 0 Å². The summed E-state index contributed by atoms with van der Waals surface area (Å²) in [6, 6.07) is 8.64. The molecule has 0 radical (unpaired) electrons. The van der Waals surface area contributed by atoms with E-state index in [2.05, 4.69) is 24.3 Å². The van der Waals surface area contributed by atoms with Crippen LogP contribution in [0.25, 0.3) is 0 Å². The van der Waals surface area contributed by atoms with E-state index in [1.54, 1.807) is 0 Å². The van der Waals surface area contributed by atoms with Crippen LogP contribution in [0.4, 0.5) is 0 Å². The maximum atomic E-state index is 8.91. The normalized spacial score (nSPS) is 17.6. The molecule has 1 saturated heterocycles. The van der Waals surface area contributed by atoms with Gasteiger partial charge >= 0.3 is 0 Å². The molecule has 1 N–H and O–H groups in total. The number of hydrogen-bond acceptors (Lipinski definition) is 2. The molecule has 1 aliphatic rings. The molecule has 16 heavy (non-hydrogen) atoms. The van der Waals surface area contributed by atoms with Crippen molar-refractivity contribution in [1.29, 1.82) is 0 Å². The van der Waals surface area contributed by atoms with E-state index >= 15 is 0 Å². The van der Waals surface area contributed by atoms with Crippen LogP contribution in [-0.2, 0) is 11.2 Å². The van der Waals surface area contributed by atoms with E-state index in [-0.39, 0.29) is 6.61 Å². The first kappa shape index (κ1) is 11.6. The summed E-state index contributed by atoms with van der Waals surface area (Å²) in [5.74, 6) is 0.656. The molecule has 0 atom stereocenters. The molecule has 0 aliphatic carbocycles. The minimum absolute atomic E-state index is 0.280. The lowest BCUT2D eigenvalue weighted by Crippen LogP contribution is -2.15. The Kier molecular flexibility index (Phi) is 4.37. The first-order valence-corrected chi connectivity index (χ1v) is 6.18. The summed E-state index contributed by atoms with van der Waals surface area (Å²) >= 11 is 0. The van der Waals surface area contributed by atoms with Crippen molar-refractivity contribution >= 4 is 0 Å². The molecule has 0 amide bonds. The number of aryl methyl sites for hydroxylation is 1. The fraction of sp³-hybridized carbons (Fsp3) is 0.571. The second-order valence-electron chi connectivity index (χ2n) is 4.41. The van der Waals surface area contributed by atoms with Gasteiger partial charge in [0.05, 0.1) is 0 Å². The molecule has 1 aromatic carbocycles. The predicted molar refractivity (Wildman–Crippen MR) is 64.6 cm³/mol. The minimum atomic E-state index is 0.280. The van der Waals surface area contributed by atoms with Crippen LogP contribution in [0.3, 0.4) is 0 Å². The zero-order chi connectivity index (χ0) is 11.2. The van der Waals surface area contributed by atoms with Gasteiger partial charge in [-0.3, -0.25) is 0 Å². The molecule has 1 aromatic rings. The van der Waals surface area contributed by atoms with Gasteiger partial charge in [0.25, 0.3) is 0 Å². The number of aliphatic hydroxyl groups excluding tert-OH is 1. The molecule has 2 nitrogen and oxygen atoms in total. The van der Waals surface area contributed by atoms with Crippen molar-refractivity contribution in [2.75, 3.05) is 19.8 Å². The Labute approximate surface area is 97.3 Å². The van der Waals surface area contributed by atoms with Gasteiger partial charge in [-0.25, -0.2) is 0 Å². The first-order valence-electron chi connectivity index (χ1n) is 6.18. The second-order valence-corrected chi connectivity index (χ2v) is 4.41. The molecule has 0 aromatic heterocycles. The Bertz CT molecular complexity index is 316. The van der Waals surface area contributed by atoms with Crippen LogP contribution in [0.1, 0.15) is 36.3 Å². The molecule has 0 spiro atoms. The monoisotopic (exact) mass is 220 g/mol. The zero-order valence-corrected chi connectivity index (χ0v) is 9.69. The van der Waals surface area contributed by atoms with E-state index in [4.69, 9.17) is 9.84 Å². The largest absolute Gasteiger partial charge is 0.396 e. The summed E-state index contributed by atoms with van der Waals surface area (Å²) in [5.41, 5.74) is 2.88. The van der Waals surface area contributed by atoms with Crippen molar-refractivity contribution < 1.29 is 9.84 Å². The number of rotatable bonds is 4. The molecule has 2 rings (SSSR count). The van der Waals surface area contributed by atoms with E-state index in [1.807, 2.05) is 0 Å². The fourth-order valence-electron chi connectivity index (χ4n) is 2.44. The highest BCUT2D eigenvalue weighted by Gasteiger charge is 2.17. The summed E-state index contributed by atoms with van der Waals surface area (Å²) in [4.78, 5) is 0. The highest BCUT2D eigenvalue weighted by Crippen LogP contribution is 2.29. The van der Waals surface area contributed by atoms with E-state index in [1.165, 1.54) is 11.1 Å². The van der Waals surface area contributed by atoms with Gasteiger partial charge in [0.1, 0.15) is 0 Å². The Morgan fingerprint density at radius 2 is 1.94 bits per heavy atom. The molecule has 1 fully saturated rings. The zero-order valence-electron chi connectivity index (χ0n) is 9.69. The average molecular weight is 220 g/mol. The Hall–Kier alpha value is -0.860. The smallest absolute Gasteiger partial charge is 0.0471 e. The van der Waals surface area contributed by atoms with E-state index in [9.17, 15) is 0 Å². The van der Waals surface area contributed by atoms with Crippen LogP contribution >= 0.6 is 0 Å². The van der Waals surface area contributed by atoms with Crippen LogP contribution < -0.4 is 0 Å². The van der Waals surface area contributed by atoms with Crippen LogP contribution in [-0.4, -0.2) is 24.9 Å². The van der Waals surface area contributed by atoms with E-state index in [0.717, 1.165) is 38.9 Å². The van der Waals surface area contributed by atoms with E-state index < -0.39 is 0 Å². The molecule has 0 saturated carbocycles. The molecule has 1 heterocycles. The molecular formula is C14H20O2. The minimum Gasteiger partial charge on any atom is -0.396 e. The van der Waals surface area contributed by atoms with Crippen LogP contribution in [0, 0.1) is 0 Å². The highest BCUT2D eigenvalue weighted by atomic mass is 16.5. The molecule has 2 heteroatoms. The predicted octanol–water partition coefficient (Wildman–Crippen LogP) is 2.51. The van der Waals surface area contributed by atoms with Crippen molar-refractivity contribution in [3.8, 4) is 0 Å². The van der Waals surface area contributed by atoms with Gasteiger partial charge in [0.2, 0.25) is 0 Å². The number of benzene rings is 1. The number of ether oxygens (including phenoxy) is 1. The third-order valence-corrected chi connectivity index (χ3v) is 3.32. The molecular weight excluding hydrogens is 200 g/mol. The van der Waals surface area contributed by atoms with Gasteiger partial charge < -0.3 is 9.84 Å². The summed E-state index contributed by atoms with van der Waals surface area (Å²) in [5, 5.41) is 8.91.